The van der Waals surface area contributed by atoms with E-state index in [1.807, 2.05) is 0 Å². The average Bonchev–Trinajstić information content (AvgIpc) is 3.15. The van der Waals surface area contributed by atoms with Gasteiger partial charge in [0.1, 0.15) is 11.7 Å². The van der Waals surface area contributed by atoms with Crippen LogP contribution in [0.15, 0.2) is 58.5 Å². The van der Waals surface area contributed by atoms with Crippen LogP contribution in [0.25, 0.3) is 0 Å². The molecule has 6 rings (SSSR count). The van der Waals surface area contributed by atoms with E-state index in [0.717, 1.165) is 37.5 Å². The molecule has 1 saturated heterocycles. The first kappa shape index (κ1) is 13.6. The summed E-state index contributed by atoms with van der Waals surface area (Å²) >= 11 is 0. The maximum Gasteiger partial charge on any atom is 0.119 e. The van der Waals surface area contributed by atoms with E-state index < -0.39 is 0 Å². The summed E-state index contributed by atoms with van der Waals surface area (Å²) in [7, 11) is 2.19. The van der Waals surface area contributed by atoms with Crippen molar-refractivity contribution in [2.75, 3.05) is 25.5 Å². The van der Waals surface area contributed by atoms with Crippen LogP contribution in [-0.2, 0) is 10.8 Å². The molecule has 2 aromatic carbocycles. The first-order valence-corrected chi connectivity index (χ1v) is 9.09. The van der Waals surface area contributed by atoms with E-state index in [4.69, 9.17) is 9.98 Å². The van der Waals surface area contributed by atoms with E-state index in [9.17, 15) is 0 Å². The molecule has 0 radical (unpaired) electrons. The number of likely N-dealkylation sites (N-methyl/N-ethyl adjacent to an activating group) is 1. The molecule has 4 heteroatoms. The van der Waals surface area contributed by atoms with Crippen molar-refractivity contribution in [2.24, 2.45) is 9.98 Å². The minimum atomic E-state index is -0.111. The molecule has 0 aromatic heterocycles. The summed E-state index contributed by atoms with van der Waals surface area (Å²) in [6.45, 7) is 1.91. The van der Waals surface area contributed by atoms with Gasteiger partial charge in [-0.1, -0.05) is 36.4 Å². The summed E-state index contributed by atoms with van der Waals surface area (Å²) in [6.07, 6.45) is 2.11. The van der Waals surface area contributed by atoms with Crippen LogP contribution >= 0.6 is 0 Å². The Morgan fingerprint density at radius 3 is 2.68 bits per heavy atom. The zero-order valence-corrected chi connectivity index (χ0v) is 14.3. The van der Waals surface area contributed by atoms with Gasteiger partial charge in [-0.15, -0.1) is 0 Å². The van der Waals surface area contributed by atoms with Crippen LogP contribution in [0.5, 0.6) is 0 Å². The third-order valence-corrected chi connectivity index (χ3v) is 6.68. The molecule has 124 valence electrons. The Labute approximate surface area is 147 Å². The Balaban J connectivity index is 1.77. The maximum atomic E-state index is 5.06. The highest BCUT2D eigenvalue weighted by molar-refractivity contribution is 6.18. The van der Waals surface area contributed by atoms with Gasteiger partial charge in [0.2, 0.25) is 0 Å². The zero-order chi connectivity index (χ0) is 16.6. The maximum absolute atomic E-state index is 5.06. The van der Waals surface area contributed by atoms with Gasteiger partial charge < -0.3 is 10.2 Å². The number of nitrogens with one attached hydrogen (secondary N) is 1. The molecule has 4 aliphatic heterocycles. The van der Waals surface area contributed by atoms with Gasteiger partial charge in [0.25, 0.3) is 0 Å². The highest BCUT2D eigenvalue weighted by atomic mass is 15.2. The van der Waals surface area contributed by atoms with Crippen LogP contribution in [0, 0.1) is 0 Å². The van der Waals surface area contributed by atoms with Crippen LogP contribution < -0.4 is 5.32 Å². The summed E-state index contributed by atoms with van der Waals surface area (Å²) in [5, 5.41) is 3.69. The van der Waals surface area contributed by atoms with Gasteiger partial charge in [0.05, 0.1) is 16.5 Å². The van der Waals surface area contributed by atoms with Gasteiger partial charge in [-0.3, -0.25) is 4.99 Å². The number of nitrogens with zero attached hydrogens (tertiary/aromatic N) is 3. The quantitative estimate of drug-likeness (QED) is 0.804. The lowest BCUT2D eigenvalue weighted by Gasteiger charge is -2.53. The van der Waals surface area contributed by atoms with E-state index in [2.05, 4.69) is 65.8 Å². The van der Waals surface area contributed by atoms with Crippen molar-refractivity contribution in [1.29, 1.82) is 0 Å². The molecule has 0 aliphatic carbocycles. The number of aliphatic imine (C=N–C) groups is 2. The second-order valence-corrected chi connectivity index (χ2v) is 7.59. The summed E-state index contributed by atoms with van der Waals surface area (Å²) in [4.78, 5) is 12.5. The fourth-order valence-corrected chi connectivity index (χ4v) is 5.75. The fraction of sp³-hybridized carbons (Fsp3) is 0.333. The van der Waals surface area contributed by atoms with Crippen molar-refractivity contribution in [3.8, 4) is 0 Å². The molecule has 4 heterocycles. The van der Waals surface area contributed by atoms with Crippen molar-refractivity contribution < 1.29 is 0 Å². The molecule has 4 nitrogen and oxygen atoms in total. The largest absolute Gasteiger partial charge is 0.363 e. The minimum absolute atomic E-state index is 0.104. The molecule has 0 amide bonds. The van der Waals surface area contributed by atoms with Gasteiger partial charge in [0, 0.05) is 25.8 Å². The first-order chi connectivity index (χ1) is 12.3. The van der Waals surface area contributed by atoms with Crippen molar-refractivity contribution in [3.63, 3.8) is 0 Å². The summed E-state index contributed by atoms with van der Waals surface area (Å²) < 4.78 is 0. The second kappa shape index (κ2) is 4.31. The van der Waals surface area contributed by atoms with Crippen LogP contribution in [0.1, 0.15) is 24.0 Å². The minimum Gasteiger partial charge on any atom is -0.363 e. The van der Waals surface area contributed by atoms with E-state index in [-0.39, 0.29) is 10.8 Å². The third-order valence-electron chi connectivity index (χ3n) is 6.68. The molecule has 25 heavy (non-hydrogen) atoms. The molecule has 2 aromatic rings. The SMILES string of the molecule is CN1CC[C@@]23C1=NCC[C@]21C(=Nc2ccccc21)Nc1ccccc13. The van der Waals surface area contributed by atoms with Gasteiger partial charge in [-0.25, -0.2) is 4.99 Å². The lowest BCUT2D eigenvalue weighted by Crippen LogP contribution is -2.63. The molecule has 0 bridgehead atoms. The van der Waals surface area contributed by atoms with Crippen molar-refractivity contribution in [1.82, 2.24) is 4.90 Å². The summed E-state index contributed by atoms with van der Waals surface area (Å²) in [5.74, 6) is 2.37. The van der Waals surface area contributed by atoms with Gasteiger partial charge >= 0.3 is 0 Å². The monoisotopic (exact) mass is 328 g/mol. The smallest absolute Gasteiger partial charge is 0.119 e. The normalized spacial score (nSPS) is 31.0. The van der Waals surface area contributed by atoms with Crippen molar-refractivity contribution in [3.05, 3.63) is 59.7 Å². The van der Waals surface area contributed by atoms with Gasteiger partial charge in [0.15, 0.2) is 0 Å². The Kier molecular flexibility index (Phi) is 2.35. The standard InChI is InChI=1S/C21H20N4/c1-25-13-11-21-15-7-3-5-9-17(15)24-18-20(21,10-12-22-19(21)25)14-6-2-4-8-16(14)23-18/h2-9H,10-13H2,1H3,(H,23,24)/t20-,21+/m0/s1. The number of hydrogen-bond donors (Lipinski definition) is 1. The topological polar surface area (TPSA) is 40.0 Å². The molecule has 2 atom stereocenters. The number of fused-ring (bicyclic) bond motifs is 2. The van der Waals surface area contributed by atoms with Gasteiger partial charge in [-0.2, -0.15) is 0 Å². The van der Waals surface area contributed by atoms with Crippen LogP contribution in [0.3, 0.4) is 0 Å². The Bertz CT molecular complexity index is 975. The van der Waals surface area contributed by atoms with Crippen LogP contribution in [0.2, 0.25) is 0 Å². The number of amidine groups is 2. The molecular weight excluding hydrogens is 308 g/mol. The lowest BCUT2D eigenvalue weighted by atomic mass is 9.51. The van der Waals surface area contributed by atoms with Gasteiger partial charge in [-0.05, 0) is 36.1 Å². The van der Waals surface area contributed by atoms with Crippen LogP contribution in [-0.4, -0.2) is 36.7 Å². The Hall–Kier alpha value is -2.62. The molecule has 4 aliphatic rings. The molecule has 0 unspecified atom stereocenters. The predicted molar refractivity (Wildman–Crippen MR) is 101 cm³/mol. The van der Waals surface area contributed by atoms with Crippen molar-refractivity contribution in [2.45, 2.75) is 23.7 Å². The third kappa shape index (κ3) is 1.34. The van der Waals surface area contributed by atoms with E-state index in [1.54, 1.807) is 0 Å². The van der Waals surface area contributed by atoms with Crippen LogP contribution in [0.4, 0.5) is 11.4 Å². The number of benzene rings is 2. The molecule has 0 saturated carbocycles. The highest BCUT2D eigenvalue weighted by Gasteiger charge is 2.67. The Morgan fingerprint density at radius 2 is 1.76 bits per heavy atom. The molecule has 1 fully saturated rings. The molecule has 2 spiro atoms. The van der Waals surface area contributed by atoms with Crippen molar-refractivity contribution >= 4 is 23.0 Å². The van der Waals surface area contributed by atoms with E-state index in [0.29, 0.717) is 0 Å². The summed E-state index contributed by atoms with van der Waals surface area (Å²) in [5.41, 5.74) is 4.85. The number of para-hydroxylation sites is 2. The number of hydrogen-bond acceptors (Lipinski definition) is 4. The van der Waals surface area contributed by atoms with E-state index >= 15 is 0 Å². The molecular formula is C21H20N4. The first-order valence-electron chi connectivity index (χ1n) is 9.09. The lowest BCUT2D eigenvalue weighted by molar-refractivity contribution is 0.346. The molecule has 1 N–H and O–H groups in total. The fourth-order valence-electron chi connectivity index (χ4n) is 5.75. The predicted octanol–water partition coefficient (Wildman–Crippen LogP) is 3.47. The Morgan fingerprint density at radius 1 is 0.960 bits per heavy atom. The second-order valence-electron chi connectivity index (χ2n) is 7.59. The number of likely N-dealkylation sites (tertiary alicyclic amines) is 1. The number of rotatable bonds is 0. The zero-order valence-electron chi connectivity index (χ0n) is 14.3. The van der Waals surface area contributed by atoms with E-state index in [1.165, 1.54) is 22.6 Å². The number of anilines is 1. The average molecular weight is 328 g/mol. The summed E-state index contributed by atoms with van der Waals surface area (Å²) in [6, 6.07) is 17.4. The highest BCUT2D eigenvalue weighted by Crippen LogP contribution is 2.62.